The third-order valence-corrected chi connectivity index (χ3v) is 5.18. The van der Waals surface area contributed by atoms with Crippen LogP contribution in [0.5, 0.6) is 0 Å². The molecule has 0 saturated heterocycles. The fourth-order valence-electron chi connectivity index (χ4n) is 2.55. The SMILES string of the molecule is CCC(N)(CCCSc1nnc2n1CCCCC2)C(=O)O. The Morgan fingerprint density at radius 2 is 2.24 bits per heavy atom. The lowest BCUT2D eigenvalue weighted by atomic mass is 9.92. The summed E-state index contributed by atoms with van der Waals surface area (Å²) >= 11 is 1.65. The van der Waals surface area contributed by atoms with Gasteiger partial charge < -0.3 is 15.4 Å². The molecule has 1 aliphatic rings. The summed E-state index contributed by atoms with van der Waals surface area (Å²) in [6.45, 7) is 2.81. The highest BCUT2D eigenvalue weighted by molar-refractivity contribution is 7.99. The van der Waals surface area contributed by atoms with Crippen LogP contribution in [0.25, 0.3) is 0 Å². The average Bonchev–Trinajstić information content (AvgIpc) is 2.70. The molecule has 1 atom stereocenters. The molecule has 0 spiro atoms. The number of carboxylic acid groups (broad SMARTS) is 1. The van der Waals surface area contributed by atoms with E-state index in [1.54, 1.807) is 11.8 Å². The van der Waals surface area contributed by atoms with Crippen molar-refractivity contribution in [1.29, 1.82) is 0 Å². The Morgan fingerprint density at radius 1 is 1.43 bits per heavy atom. The molecule has 0 saturated carbocycles. The number of nitrogens with zero attached hydrogens (tertiary/aromatic N) is 3. The van der Waals surface area contributed by atoms with E-state index in [0.29, 0.717) is 12.8 Å². The molecule has 21 heavy (non-hydrogen) atoms. The molecule has 0 bridgehead atoms. The highest BCUT2D eigenvalue weighted by Gasteiger charge is 2.31. The molecule has 7 heteroatoms. The van der Waals surface area contributed by atoms with E-state index in [9.17, 15) is 4.79 Å². The molecular formula is C14H24N4O2S. The lowest BCUT2D eigenvalue weighted by molar-refractivity contribution is -0.143. The standard InChI is InChI=1S/C14H24N4O2S/c1-2-14(15,12(19)20)8-6-10-21-13-17-16-11-7-4-3-5-9-18(11)13/h2-10,15H2,1H3,(H,19,20). The fourth-order valence-corrected chi connectivity index (χ4v) is 3.47. The first-order valence-corrected chi connectivity index (χ1v) is 8.62. The van der Waals surface area contributed by atoms with Crippen LogP contribution < -0.4 is 5.73 Å². The van der Waals surface area contributed by atoms with Gasteiger partial charge in [-0.1, -0.05) is 25.1 Å². The molecule has 0 amide bonds. The van der Waals surface area contributed by atoms with Gasteiger partial charge in [0.25, 0.3) is 0 Å². The number of carboxylic acids is 1. The Balaban J connectivity index is 1.84. The molecule has 118 valence electrons. The Labute approximate surface area is 129 Å². The van der Waals surface area contributed by atoms with Gasteiger partial charge in [-0.3, -0.25) is 4.79 Å². The lowest BCUT2D eigenvalue weighted by Crippen LogP contribution is -2.47. The number of thioether (sulfide) groups is 1. The number of hydrogen-bond acceptors (Lipinski definition) is 5. The summed E-state index contributed by atoms with van der Waals surface area (Å²) in [4.78, 5) is 11.1. The number of fused-ring (bicyclic) bond motifs is 1. The smallest absolute Gasteiger partial charge is 0.323 e. The average molecular weight is 312 g/mol. The Morgan fingerprint density at radius 3 is 2.95 bits per heavy atom. The van der Waals surface area contributed by atoms with Gasteiger partial charge in [-0.05, 0) is 32.1 Å². The number of aliphatic carboxylic acids is 1. The minimum absolute atomic E-state index is 0.452. The second-order valence-electron chi connectivity index (χ2n) is 5.63. The predicted octanol–water partition coefficient (Wildman–Crippen LogP) is 2.07. The zero-order chi connectivity index (χ0) is 15.3. The van der Waals surface area contributed by atoms with Crippen LogP contribution in [0.1, 0.15) is 51.3 Å². The summed E-state index contributed by atoms with van der Waals surface area (Å²) in [5.74, 6) is 0.998. The van der Waals surface area contributed by atoms with E-state index >= 15 is 0 Å². The van der Waals surface area contributed by atoms with Crippen molar-refractivity contribution in [3.8, 4) is 0 Å². The third-order valence-electron chi connectivity index (χ3n) is 4.13. The Bertz CT molecular complexity index is 491. The van der Waals surface area contributed by atoms with Gasteiger partial charge >= 0.3 is 5.97 Å². The first-order chi connectivity index (χ1) is 10.1. The molecule has 1 aromatic heterocycles. The van der Waals surface area contributed by atoms with Crippen LogP contribution in [-0.4, -0.2) is 37.1 Å². The maximum atomic E-state index is 11.1. The summed E-state index contributed by atoms with van der Waals surface area (Å²) in [5.41, 5.74) is 4.79. The van der Waals surface area contributed by atoms with Crippen molar-refractivity contribution in [2.75, 3.05) is 5.75 Å². The topological polar surface area (TPSA) is 94.0 Å². The Kier molecular flexibility index (Phi) is 5.64. The first-order valence-electron chi connectivity index (χ1n) is 7.64. The van der Waals surface area contributed by atoms with Gasteiger partial charge in [0.1, 0.15) is 11.4 Å². The molecular weight excluding hydrogens is 288 g/mol. The van der Waals surface area contributed by atoms with E-state index in [2.05, 4.69) is 14.8 Å². The maximum Gasteiger partial charge on any atom is 0.323 e. The number of nitrogens with two attached hydrogens (primary N) is 1. The molecule has 0 aromatic carbocycles. The fraction of sp³-hybridized carbons (Fsp3) is 0.786. The number of hydrogen-bond donors (Lipinski definition) is 2. The van der Waals surface area contributed by atoms with Crippen molar-refractivity contribution in [2.45, 2.75) is 69.1 Å². The van der Waals surface area contributed by atoms with E-state index in [1.807, 2.05) is 6.92 Å². The molecule has 2 rings (SSSR count). The normalized spacial score (nSPS) is 17.8. The first kappa shape index (κ1) is 16.3. The zero-order valence-electron chi connectivity index (χ0n) is 12.5. The van der Waals surface area contributed by atoms with E-state index in [0.717, 1.165) is 36.1 Å². The van der Waals surface area contributed by atoms with Crippen molar-refractivity contribution < 1.29 is 9.90 Å². The molecule has 1 aliphatic heterocycles. The van der Waals surface area contributed by atoms with Crippen molar-refractivity contribution in [3.05, 3.63) is 5.82 Å². The van der Waals surface area contributed by atoms with Gasteiger partial charge in [0.2, 0.25) is 0 Å². The number of rotatable bonds is 7. The molecule has 3 N–H and O–H groups in total. The Hall–Kier alpha value is -1.08. The molecule has 0 radical (unpaired) electrons. The summed E-state index contributed by atoms with van der Waals surface area (Å²) in [6.07, 6.45) is 6.34. The quantitative estimate of drug-likeness (QED) is 0.591. The van der Waals surface area contributed by atoms with Gasteiger partial charge in [-0.25, -0.2) is 0 Å². The minimum Gasteiger partial charge on any atom is -0.480 e. The molecule has 1 unspecified atom stereocenters. The summed E-state index contributed by atoms with van der Waals surface area (Å²) in [7, 11) is 0. The van der Waals surface area contributed by atoms with Crippen molar-refractivity contribution >= 4 is 17.7 Å². The molecule has 0 aliphatic carbocycles. The largest absolute Gasteiger partial charge is 0.480 e. The highest BCUT2D eigenvalue weighted by Crippen LogP contribution is 2.24. The highest BCUT2D eigenvalue weighted by atomic mass is 32.2. The van der Waals surface area contributed by atoms with Gasteiger partial charge in [0, 0.05) is 18.7 Å². The minimum atomic E-state index is -1.09. The second kappa shape index (κ2) is 7.26. The van der Waals surface area contributed by atoms with Gasteiger partial charge in [0.05, 0.1) is 0 Å². The van der Waals surface area contributed by atoms with Crippen LogP contribution in [0.15, 0.2) is 5.16 Å². The van der Waals surface area contributed by atoms with E-state index < -0.39 is 11.5 Å². The number of aryl methyl sites for hydroxylation is 1. The summed E-state index contributed by atoms with van der Waals surface area (Å²) < 4.78 is 2.21. The van der Waals surface area contributed by atoms with Crippen molar-refractivity contribution in [1.82, 2.24) is 14.8 Å². The molecule has 6 nitrogen and oxygen atoms in total. The van der Waals surface area contributed by atoms with Gasteiger partial charge in [-0.15, -0.1) is 10.2 Å². The van der Waals surface area contributed by atoms with E-state index in [4.69, 9.17) is 10.8 Å². The molecule has 2 heterocycles. The monoisotopic (exact) mass is 312 g/mol. The van der Waals surface area contributed by atoms with Crippen molar-refractivity contribution in [2.24, 2.45) is 5.73 Å². The van der Waals surface area contributed by atoms with Gasteiger partial charge in [-0.2, -0.15) is 0 Å². The van der Waals surface area contributed by atoms with Crippen LogP contribution in [0, 0.1) is 0 Å². The number of aromatic nitrogens is 3. The van der Waals surface area contributed by atoms with Crippen LogP contribution in [0.2, 0.25) is 0 Å². The zero-order valence-corrected chi connectivity index (χ0v) is 13.4. The van der Waals surface area contributed by atoms with Crippen LogP contribution in [-0.2, 0) is 17.8 Å². The summed E-state index contributed by atoms with van der Waals surface area (Å²) in [5, 5.41) is 18.6. The van der Waals surface area contributed by atoms with E-state index in [-0.39, 0.29) is 0 Å². The van der Waals surface area contributed by atoms with Crippen LogP contribution in [0.4, 0.5) is 0 Å². The van der Waals surface area contributed by atoms with Crippen molar-refractivity contribution in [3.63, 3.8) is 0 Å². The summed E-state index contributed by atoms with van der Waals surface area (Å²) in [6, 6.07) is 0. The lowest BCUT2D eigenvalue weighted by Gasteiger charge is -2.22. The van der Waals surface area contributed by atoms with E-state index in [1.165, 1.54) is 19.3 Å². The molecule has 1 aromatic rings. The van der Waals surface area contributed by atoms with Gasteiger partial charge in [0.15, 0.2) is 5.16 Å². The molecule has 0 fully saturated rings. The number of carbonyl (C=O) groups is 1. The van der Waals surface area contributed by atoms with Crippen LogP contribution in [0.3, 0.4) is 0 Å². The third kappa shape index (κ3) is 3.97. The predicted molar refractivity (Wildman–Crippen MR) is 82.4 cm³/mol. The second-order valence-corrected chi connectivity index (χ2v) is 6.69. The van der Waals surface area contributed by atoms with Crippen LogP contribution >= 0.6 is 11.8 Å². The maximum absolute atomic E-state index is 11.1.